The summed E-state index contributed by atoms with van der Waals surface area (Å²) < 4.78 is 4.95. The van der Waals surface area contributed by atoms with E-state index in [0.29, 0.717) is 30.6 Å². The largest absolute Gasteiger partial charge is 0.467 e. The van der Waals surface area contributed by atoms with Gasteiger partial charge in [0, 0.05) is 28.9 Å². The van der Waals surface area contributed by atoms with Gasteiger partial charge in [-0.3, -0.25) is 4.79 Å². The maximum absolute atomic E-state index is 12.8. The van der Waals surface area contributed by atoms with Gasteiger partial charge in [-0.2, -0.15) is 0 Å². The van der Waals surface area contributed by atoms with Crippen LogP contribution in [0.4, 0.5) is 0 Å². The van der Waals surface area contributed by atoms with Gasteiger partial charge in [-0.1, -0.05) is 48.7 Å². The summed E-state index contributed by atoms with van der Waals surface area (Å²) >= 11 is 0. The summed E-state index contributed by atoms with van der Waals surface area (Å²) in [5, 5.41) is 19.3. The topological polar surface area (TPSA) is 113 Å². The molecule has 4 unspecified atom stereocenters. The number of amides is 1. The van der Waals surface area contributed by atoms with Gasteiger partial charge >= 0.3 is 5.97 Å². The number of fused-ring (bicyclic) bond motifs is 6. The molecule has 1 heterocycles. The summed E-state index contributed by atoms with van der Waals surface area (Å²) in [5.74, 6) is 3.45. The zero-order valence-electron chi connectivity index (χ0n) is 25.4. The number of methoxy groups -OCH3 is 1. The number of allylic oxidation sites excluding steroid dienone is 2. The molecular weight excluding hydrogens is 542 g/mol. The number of oxime groups is 1. The average molecular weight is 586 g/mol. The molecule has 7 atom stereocenters. The Labute approximate surface area is 253 Å². The maximum Gasteiger partial charge on any atom is 0.328 e. The van der Waals surface area contributed by atoms with Crippen molar-refractivity contribution in [1.82, 2.24) is 10.3 Å². The Kier molecular flexibility index (Phi) is 7.66. The number of carbonyl (C=O) groups excluding carboxylic acids is 2. The third kappa shape index (κ3) is 4.96. The lowest BCUT2D eigenvalue weighted by Gasteiger charge is -2.58. The molecule has 1 aromatic carbocycles. The molecule has 0 radical (unpaired) electrons. The van der Waals surface area contributed by atoms with Crippen molar-refractivity contribution < 1.29 is 24.3 Å². The number of H-pyrrole nitrogens is 1. The van der Waals surface area contributed by atoms with Crippen molar-refractivity contribution in [3.63, 3.8) is 0 Å². The van der Waals surface area contributed by atoms with E-state index in [1.165, 1.54) is 12.7 Å². The number of benzene rings is 1. The molecule has 4 aliphatic rings. The van der Waals surface area contributed by atoms with E-state index in [0.717, 1.165) is 67.1 Å². The van der Waals surface area contributed by atoms with E-state index in [4.69, 9.17) is 16.0 Å². The third-order valence-corrected chi connectivity index (χ3v) is 11.7. The number of nitrogens with zero attached hydrogens (tertiary/aromatic N) is 1. The van der Waals surface area contributed by atoms with Crippen LogP contribution in [0, 0.1) is 40.9 Å². The number of para-hydroxylation sites is 1. The number of terminal acetylenes is 1. The van der Waals surface area contributed by atoms with Crippen LogP contribution in [0.1, 0.15) is 70.8 Å². The van der Waals surface area contributed by atoms with Gasteiger partial charge in [-0.25, -0.2) is 4.79 Å². The van der Waals surface area contributed by atoms with Crippen LogP contribution in [0.25, 0.3) is 10.9 Å². The Hall–Kier alpha value is -3.57. The highest BCUT2D eigenvalue weighted by atomic mass is 16.6. The molecule has 4 aliphatic carbocycles. The van der Waals surface area contributed by atoms with Crippen LogP contribution in [0.15, 0.2) is 47.3 Å². The molecule has 8 heteroatoms. The molecule has 228 valence electrons. The molecule has 0 bridgehead atoms. The Morgan fingerprint density at radius 2 is 1.95 bits per heavy atom. The van der Waals surface area contributed by atoms with Crippen LogP contribution in [0.3, 0.4) is 0 Å². The Morgan fingerprint density at radius 3 is 2.74 bits per heavy atom. The van der Waals surface area contributed by atoms with Gasteiger partial charge in [0.25, 0.3) is 5.91 Å². The fourth-order valence-electron chi connectivity index (χ4n) is 9.16. The lowest BCUT2D eigenvalue weighted by atomic mass is 9.46. The summed E-state index contributed by atoms with van der Waals surface area (Å²) in [5.41, 5.74) is 3.08. The van der Waals surface area contributed by atoms with Crippen LogP contribution in [0.2, 0.25) is 0 Å². The Morgan fingerprint density at radius 1 is 1.16 bits per heavy atom. The first kappa shape index (κ1) is 29.5. The minimum Gasteiger partial charge on any atom is -0.467 e. The summed E-state index contributed by atoms with van der Waals surface area (Å²) in [6, 6.07) is 6.98. The number of hydrogen-bond donors (Lipinski definition) is 3. The van der Waals surface area contributed by atoms with Gasteiger partial charge in [0.1, 0.15) is 11.6 Å². The molecule has 8 nitrogen and oxygen atoms in total. The smallest absolute Gasteiger partial charge is 0.328 e. The van der Waals surface area contributed by atoms with Crippen molar-refractivity contribution in [3.05, 3.63) is 47.7 Å². The molecule has 0 spiro atoms. The minimum atomic E-state index is -0.983. The lowest BCUT2D eigenvalue weighted by Crippen LogP contribution is -2.54. The van der Waals surface area contributed by atoms with E-state index in [-0.39, 0.29) is 17.4 Å². The molecule has 0 aliphatic heterocycles. The molecule has 6 rings (SSSR count). The van der Waals surface area contributed by atoms with Crippen molar-refractivity contribution >= 4 is 28.5 Å². The van der Waals surface area contributed by atoms with E-state index < -0.39 is 23.5 Å². The van der Waals surface area contributed by atoms with E-state index in [9.17, 15) is 14.7 Å². The first-order valence-corrected chi connectivity index (χ1v) is 15.6. The van der Waals surface area contributed by atoms with Gasteiger partial charge in [-0.15, -0.1) is 6.42 Å². The van der Waals surface area contributed by atoms with Crippen LogP contribution in [0.5, 0.6) is 0 Å². The highest BCUT2D eigenvalue weighted by Crippen LogP contribution is 2.67. The summed E-state index contributed by atoms with van der Waals surface area (Å²) in [6.45, 7) is 4.35. The first-order chi connectivity index (χ1) is 20.6. The number of ether oxygens (including phenoxy) is 1. The van der Waals surface area contributed by atoms with Gasteiger partial charge in [0.05, 0.1) is 12.8 Å². The number of aromatic nitrogens is 1. The van der Waals surface area contributed by atoms with Crippen molar-refractivity contribution in [2.75, 3.05) is 13.7 Å². The highest BCUT2D eigenvalue weighted by Gasteiger charge is 2.63. The van der Waals surface area contributed by atoms with Crippen molar-refractivity contribution in [2.45, 2.75) is 83.3 Å². The van der Waals surface area contributed by atoms with Crippen molar-refractivity contribution in [3.8, 4) is 12.3 Å². The minimum absolute atomic E-state index is 0.105. The van der Waals surface area contributed by atoms with Gasteiger partial charge in [0.2, 0.25) is 0 Å². The second-order valence-corrected chi connectivity index (χ2v) is 13.6. The fraction of sp³-hybridized carbons (Fsp3) is 0.571. The highest BCUT2D eigenvalue weighted by molar-refractivity contribution is 5.96. The summed E-state index contributed by atoms with van der Waals surface area (Å²) in [4.78, 5) is 33.9. The van der Waals surface area contributed by atoms with Crippen LogP contribution >= 0.6 is 0 Å². The summed E-state index contributed by atoms with van der Waals surface area (Å²) in [6.07, 6.45) is 17.8. The second kappa shape index (κ2) is 11.2. The van der Waals surface area contributed by atoms with Crippen LogP contribution < -0.4 is 5.32 Å². The van der Waals surface area contributed by atoms with Crippen LogP contribution in [-0.2, 0) is 25.6 Å². The van der Waals surface area contributed by atoms with Gasteiger partial charge in [-0.05, 0) is 92.2 Å². The SMILES string of the molecule is C#C[C@@]1(O)CCC2C3CCC4=C/C(=N\OCC(=O)NC(Cc5c[nH]c6ccccc56)C(=O)OC)CC[C@]4(C)C3CC[C@@]21C. The lowest BCUT2D eigenvalue weighted by molar-refractivity contribution is -0.145. The predicted molar refractivity (Wildman–Crippen MR) is 165 cm³/mol. The zero-order chi connectivity index (χ0) is 30.4. The Bertz CT molecular complexity index is 1520. The molecule has 1 amide bonds. The van der Waals surface area contributed by atoms with Gasteiger partial charge < -0.3 is 25.0 Å². The quantitative estimate of drug-likeness (QED) is 0.239. The normalized spacial score (nSPS) is 34.7. The van der Waals surface area contributed by atoms with Crippen LogP contribution in [-0.4, -0.2) is 53.0 Å². The van der Waals surface area contributed by atoms with E-state index in [2.05, 4.69) is 41.3 Å². The van der Waals surface area contributed by atoms with Crippen molar-refractivity contribution in [1.29, 1.82) is 0 Å². The number of esters is 1. The third-order valence-electron chi connectivity index (χ3n) is 11.7. The molecule has 3 N–H and O–H groups in total. The number of rotatable bonds is 7. The Balaban J connectivity index is 1.08. The molecular formula is C35H43N3O5. The molecule has 1 aromatic heterocycles. The van der Waals surface area contributed by atoms with Crippen molar-refractivity contribution in [2.24, 2.45) is 33.7 Å². The zero-order valence-corrected chi connectivity index (χ0v) is 25.4. The molecule has 2 aromatic rings. The molecule has 43 heavy (non-hydrogen) atoms. The molecule has 3 fully saturated rings. The van der Waals surface area contributed by atoms with E-state index in [1.807, 2.05) is 30.5 Å². The number of aliphatic hydroxyl groups is 1. The average Bonchev–Trinajstić information content (AvgIpc) is 3.54. The monoisotopic (exact) mass is 585 g/mol. The standard InChI is InChI=1S/C35H43N3O5/c1-5-35(41)17-14-28-26-11-10-23-19-24(12-15-33(23,2)27(26)13-16-34(28,35)3)38-43-21-31(39)37-30(32(40)42-4)18-22-20-36-29-9-7-6-8-25(22)29/h1,6-9,19-20,26-28,30,36,41H,10-18,21H2,2-4H3,(H,37,39)/b38-24-/t26?,27?,28?,30?,33-,34-,35+/m0/s1. The second-order valence-electron chi connectivity index (χ2n) is 13.6. The number of carbonyl (C=O) groups is 2. The molecule has 0 saturated heterocycles. The van der Waals surface area contributed by atoms with E-state index in [1.54, 1.807) is 0 Å². The predicted octanol–water partition coefficient (Wildman–Crippen LogP) is 5.07. The number of nitrogens with one attached hydrogen (secondary N) is 2. The van der Waals surface area contributed by atoms with Gasteiger partial charge in [0.15, 0.2) is 6.61 Å². The summed E-state index contributed by atoms with van der Waals surface area (Å²) in [7, 11) is 1.31. The number of hydrogen-bond acceptors (Lipinski definition) is 6. The molecule has 3 saturated carbocycles. The fourth-order valence-corrected chi connectivity index (χ4v) is 9.16. The maximum atomic E-state index is 12.8. The number of aromatic amines is 1. The first-order valence-electron chi connectivity index (χ1n) is 15.6. The van der Waals surface area contributed by atoms with E-state index >= 15 is 0 Å².